The molecule has 3 aromatic rings. The Morgan fingerprint density at radius 3 is 2.77 bits per heavy atom. The van der Waals surface area contributed by atoms with Crippen molar-refractivity contribution in [2.75, 3.05) is 6.54 Å². The van der Waals surface area contributed by atoms with Gasteiger partial charge in [0.15, 0.2) is 0 Å². The van der Waals surface area contributed by atoms with Gasteiger partial charge in [0.1, 0.15) is 0 Å². The number of hydrogen-bond donors (Lipinski definition) is 1. The summed E-state index contributed by atoms with van der Waals surface area (Å²) >= 11 is 0. The average molecular weight is 346 g/mol. The zero-order valence-electron chi connectivity index (χ0n) is 14.9. The molecule has 1 fully saturated rings. The fourth-order valence-corrected chi connectivity index (χ4v) is 4.19. The van der Waals surface area contributed by atoms with E-state index in [1.165, 1.54) is 22.3 Å². The van der Waals surface area contributed by atoms with Crippen molar-refractivity contribution < 1.29 is 4.79 Å². The van der Waals surface area contributed by atoms with Crippen LogP contribution in [0.15, 0.2) is 42.6 Å². The highest BCUT2D eigenvalue weighted by molar-refractivity contribution is 5.85. The van der Waals surface area contributed by atoms with Gasteiger partial charge in [-0.1, -0.05) is 18.2 Å². The van der Waals surface area contributed by atoms with Crippen LogP contribution in [0.1, 0.15) is 24.0 Å². The molecular weight excluding hydrogens is 324 g/mol. The normalized spacial score (nSPS) is 19.3. The monoisotopic (exact) mass is 346 g/mol. The minimum atomic E-state index is 0.0109. The SMILES string of the molecule is Cn1ncc2cc(-c3ccc4c(c3)CN(C(=O)C3CCCN3)C4)ccc21. The van der Waals surface area contributed by atoms with Crippen LogP contribution in [0.3, 0.4) is 0 Å². The van der Waals surface area contributed by atoms with Crippen LogP contribution in [-0.2, 0) is 24.9 Å². The second kappa shape index (κ2) is 5.95. The number of carbonyl (C=O) groups excluding carboxylic acids is 1. The fraction of sp³-hybridized carbons (Fsp3) is 0.333. The van der Waals surface area contributed by atoms with Gasteiger partial charge < -0.3 is 10.2 Å². The van der Waals surface area contributed by atoms with Gasteiger partial charge in [-0.2, -0.15) is 5.10 Å². The molecular formula is C21H22N4O. The number of carbonyl (C=O) groups is 1. The Bertz CT molecular complexity index is 1000. The second-order valence-electron chi connectivity index (χ2n) is 7.37. The van der Waals surface area contributed by atoms with Gasteiger partial charge in [-0.05, 0) is 59.8 Å². The largest absolute Gasteiger partial charge is 0.333 e. The first-order chi connectivity index (χ1) is 12.7. The van der Waals surface area contributed by atoms with Crippen molar-refractivity contribution in [1.82, 2.24) is 20.0 Å². The molecule has 1 unspecified atom stereocenters. The van der Waals surface area contributed by atoms with Crippen molar-refractivity contribution >= 4 is 16.8 Å². The lowest BCUT2D eigenvalue weighted by Gasteiger charge is -2.19. The van der Waals surface area contributed by atoms with Gasteiger partial charge in [0.25, 0.3) is 0 Å². The quantitative estimate of drug-likeness (QED) is 0.776. The number of aromatic nitrogens is 2. The van der Waals surface area contributed by atoms with E-state index in [4.69, 9.17) is 0 Å². The van der Waals surface area contributed by atoms with Crippen LogP contribution >= 0.6 is 0 Å². The van der Waals surface area contributed by atoms with Crippen LogP contribution < -0.4 is 5.32 Å². The predicted molar refractivity (Wildman–Crippen MR) is 101 cm³/mol. The number of nitrogens with one attached hydrogen (secondary N) is 1. The van der Waals surface area contributed by atoms with E-state index in [-0.39, 0.29) is 11.9 Å². The van der Waals surface area contributed by atoms with E-state index >= 15 is 0 Å². The lowest BCUT2D eigenvalue weighted by atomic mass is 10.00. The third-order valence-corrected chi connectivity index (χ3v) is 5.68. The summed E-state index contributed by atoms with van der Waals surface area (Å²) in [5, 5.41) is 8.79. The van der Waals surface area contributed by atoms with Crippen molar-refractivity contribution in [2.45, 2.75) is 32.0 Å². The minimum Gasteiger partial charge on any atom is -0.333 e. The minimum absolute atomic E-state index is 0.0109. The fourth-order valence-electron chi connectivity index (χ4n) is 4.19. The highest BCUT2D eigenvalue weighted by Gasteiger charge is 2.30. The molecule has 3 heterocycles. The van der Waals surface area contributed by atoms with E-state index in [1.807, 2.05) is 22.8 Å². The van der Waals surface area contributed by atoms with E-state index < -0.39 is 0 Å². The molecule has 1 aromatic heterocycles. The van der Waals surface area contributed by atoms with Crippen LogP contribution in [0.5, 0.6) is 0 Å². The lowest BCUT2D eigenvalue weighted by Crippen LogP contribution is -2.40. The highest BCUT2D eigenvalue weighted by atomic mass is 16.2. The molecule has 132 valence electrons. The Morgan fingerprint density at radius 2 is 1.92 bits per heavy atom. The molecule has 0 spiro atoms. The summed E-state index contributed by atoms with van der Waals surface area (Å²) in [4.78, 5) is 14.7. The molecule has 2 aliphatic heterocycles. The molecule has 5 rings (SSSR count). The Hall–Kier alpha value is -2.66. The van der Waals surface area contributed by atoms with Crippen LogP contribution in [0, 0.1) is 0 Å². The molecule has 1 N–H and O–H groups in total. The first-order valence-corrected chi connectivity index (χ1v) is 9.25. The molecule has 0 saturated carbocycles. The molecule has 26 heavy (non-hydrogen) atoms. The second-order valence-corrected chi connectivity index (χ2v) is 7.37. The average Bonchev–Trinajstić information content (AvgIpc) is 3.40. The summed E-state index contributed by atoms with van der Waals surface area (Å²) in [7, 11) is 1.96. The summed E-state index contributed by atoms with van der Waals surface area (Å²) in [5.74, 6) is 0.247. The smallest absolute Gasteiger partial charge is 0.240 e. The molecule has 1 amide bonds. The van der Waals surface area contributed by atoms with E-state index in [0.29, 0.717) is 0 Å². The van der Waals surface area contributed by atoms with Crippen LogP contribution in [0.25, 0.3) is 22.0 Å². The van der Waals surface area contributed by atoms with E-state index in [2.05, 4.69) is 46.8 Å². The van der Waals surface area contributed by atoms with Gasteiger partial charge in [0.05, 0.1) is 17.8 Å². The maximum absolute atomic E-state index is 12.7. The summed E-state index contributed by atoms with van der Waals surface area (Å²) in [6.45, 7) is 2.40. The zero-order valence-corrected chi connectivity index (χ0v) is 14.9. The molecule has 0 bridgehead atoms. The van der Waals surface area contributed by atoms with Gasteiger partial charge in [-0.25, -0.2) is 0 Å². The maximum atomic E-state index is 12.7. The number of rotatable bonds is 2. The molecule has 0 aliphatic carbocycles. The summed E-state index contributed by atoms with van der Waals surface area (Å²) in [6, 6.07) is 13.0. The summed E-state index contributed by atoms with van der Waals surface area (Å²) in [6.07, 6.45) is 3.96. The first kappa shape index (κ1) is 15.6. The van der Waals surface area contributed by atoms with Crippen molar-refractivity contribution in [2.24, 2.45) is 7.05 Å². The molecule has 5 nitrogen and oxygen atoms in total. The molecule has 2 aliphatic rings. The summed E-state index contributed by atoms with van der Waals surface area (Å²) < 4.78 is 1.89. The predicted octanol–water partition coefficient (Wildman–Crippen LogP) is 2.83. The molecule has 1 saturated heterocycles. The number of hydrogen-bond acceptors (Lipinski definition) is 3. The van der Waals surface area contributed by atoms with Crippen molar-refractivity contribution in [3.8, 4) is 11.1 Å². The number of fused-ring (bicyclic) bond motifs is 2. The first-order valence-electron chi connectivity index (χ1n) is 9.25. The Morgan fingerprint density at radius 1 is 1.12 bits per heavy atom. The topological polar surface area (TPSA) is 50.2 Å². The molecule has 5 heteroatoms. The Balaban J connectivity index is 1.42. The Kier molecular flexibility index (Phi) is 3.57. The van der Waals surface area contributed by atoms with Crippen LogP contribution in [-0.4, -0.2) is 33.2 Å². The van der Waals surface area contributed by atoms with Gasteiger partial charge >= 0.3 is 0 Å². The van der Waals surface area contributed by atoms with E-state index in [1.54, 1.807) is 0 Å². The highest BCUT2D eigenvalue weighted by Crippen LogP contribution is 2.30. The lowest BCUT2D eigenvalue weighted by molar-refractivity contribution is -0.133. The van der Waals surface area contributed by atoms with Gasteiger partial charge in [-0.15, -0.1) is 0 Å². The third-order valence-electron chi connectivity index (χ3n) is 5.68. The van der Waals surface area contributed by atoms with Gasteiger partial charge in [0, 0.05) is 25.5 Å². The van der Waals surface area contributed by atoms with Crippen LogP contribution in [0.4, 0.5) is 0 Å². The van der Waals surface area contributed by atoms with Gasteiger partial charge in [-0.3, -0.25) is 9.48 Å². The van der Waals surface area contributed by atoms with Crippen molar-refractivity contribution in [3.05, 3.63) is 53.7 Å². The number of nitrogens with zero attached hydrogens (tertiary/aromatic N) is 3. The van der Waals surface area contributed by atoms with Crippen molar-refractivity contribution in [1.29, 1.82) is 0 Å². The zero-order chi connectivity index (χ0) is 17.7. The Labute approximate surface area is 152 Å². The number of benzene rings is 2. The number of aryl methyl sites for hydroxylation is 1. The third kappa shape index (κ3) is 2.51. The molecule has 1 atom stereocenters. The van der Waals surface area contributed by atoms with Gasteiger partial charge in [0.2, 0.25) is 5.91 Å². The summed E-state index contributed by atoms with van der Waals surface area (Å²) in [5.41, 5.74) is 6.05. The van der Waals surface area contributed by atoms with Crippen LogP contribution in [0.2, 0.25) is 0 Å². The van der Waals surface area contributed by atoms with E-state index in [9.17, 15) is 4.79 Å². The molecule has 2 aromatic carbocycles. The standard InChI is InChI=1S/C21H22N4O/c1-24-20-7-6-15(9-17(20)11-23-24)14-4-5-16-12-25(13-18(16)10-14)21(26)19-3-2-8-22-19/h4-7,9-11,19,22H,2-3,8,12-13H2,1H3. The van der Waals surface area contributed by atoms with Crippen molar-refractivity contribution in [3.63, 3.8) is 0 Å². The molecule has 0 radical (unpaired) electrons. The van der Waals surface area contributed by atoms with E-state index in [0.717, 1.165) is 43.4 Å². The number of amides is 1. The maximum Gasteiger partial charge on any atom is 0.240 e.